The van der Waals surface area contributed by atoms with Gasteiger partial charge in [-0.05, 0) is 24.3 Å². The van der Waals surface area contributed by atoms with Gasteiger partial charge in [0.2, 0.25) is 0 Å². The first kappa shape index (κ1) is 14.6. The van der Waals surface area contributed by atoms with Crippen LogP contribution in [0.15, 0.2) is 43.0 Å². The quantitative estimate of drug-likeness (QED) is 0.890. The highest BCUT2D eigenvalue weighted by Crippen LogP contribution is 2.15. The molecule has 0 aliphatic carbocycles. The van der Waals surface area contributed by atoms with Crippen LogP contribution < -0.4 is 5.32 Å². The van der Waals surface area contributed by atoms with Crippen LogP contribution in [0.4, 0.5) is 10.5 Å². The number of aliphatic hydroxyl groups excluding tert-OH is 1. The third kappa shape index (κ3) is 3.10. The third-order valence-corrected chi connectivity index (χ3v) is 3.62. The van der Waals surface area contributed by atoms with Gasteiger partial charge in [-0.25, -0.2) is 9.78 Å². The van der Waals surface area contributed by atoms with Crippen LogP contribution in [0.1, 0.15) is 0 Å². The van der Waals surface area contributed by atoms with E-state index in [-0.39, 0.29) is 18.7 Å². The van der Waals surface area contributed by atoms with E-state index in [0.717, 1.165) is 5.69 Å². The summed E-state index contributed by atoms with van der Waals surface area (Å²) >= 11 is 0. The topological polar surface area (TPSA) is 79.6 Å². The number of hydrogen-bond donors (Lipinski definition) is 2. The van der Waals surface area contributed by atoms with Crippen molar-refractivity contribution >= 4 is 11.7 Å². The van der Waals surface area contributed by atoms with Gasteiger partial charge in [0.15, 0.2) is 0 Å². The van der Waals surface area contributed by atoms with E-state index >= 15 is 0 Å². The number of anilines is 1. The smallest absolute Gasteiger partial charge is 0.322 e. The van der Waals surface area contributed by atoms with E-state index in [1.165, 1.54) is 0 Å². The molecular formula is C15H18N4O3. The molecule has 116 valence electrons. The number of nitrogens with one attached hydrogen (secondary N) is 1. The average molecular weight is 302 g/mol. The monoisotopic (exact) mass is 302 g/mol. The summed E-state index contributed by atoms with van der Waals surface area (Å²) in [6, 6.07) is 6.96. The third-order valence-electron chi connectivity index (χ3n) is 3.62. The average Bonchev–Trinajstić information content (AvgIpc) is 3.10. The Morgan fingerprint density at radius 1 is 1.41 bits per heavy atom. The van der Waals surface area contributed by atoms with Crippen LogP contribution in [0, 0.1) is 0 Å². The normalized spacial score (nSPS) is 18.2. The van der Waals surface area contributed by atoms with E-state index in [4.69, 9.17) is 4.74 Å². The minimum absolute atomic E-state index is 0.104. The number of amides is 2. The number of hydrogen-bond acceptors (Lipinski definition) is 4. The zero-order valence-corrected chi connectivity index (χ0v) is 12.1. The Labute approximate surface area is 128 Å². The van der Waals surface area contributed by atoms with Crippen molar-refractivity contribution < 1.29 is 14.6 Å². The van der Waals surface area contributed by atoms with Crippen molar-refractivity contribution in [1.29, 1.82) is 0 Å². The maximum Gasteiger partial charge on any atom is 0.322 e. The first-order valence-corrected chi connectivity index (χ1v) is 7.12. The van der Waals surface area contributed by atoms with Crippen LogP contribution in [0.5, 0.6) is 0 Å². The molecule has 2 amide bonds. The number of rotatable bonds is 3. The maximum absolute atomic E-state index is 12.3. The molecular weight excluding hydrogens is 284 g/mol. The van der Waals surface area contributed by atoms with Gasteiger partial charge in [0.05, 0.1) is 32.2 Å². The zero-order chi connectivity index (χ0) is 15.4. The number of aliphatic hydroxyl groups is 1. The van der Waals surface area contributed by atoms with Crippen LogP contribution in [0.3, 0.4) is 0 Å². The van der Waals surface area contributed by atoms with Gasteiger partial charge in [-0.3, -0.25) is 0 Å². The summed E-state index contributed by atoms with van der Waals surface area (Å²) in [6.45, 7) is 1.23. The van der Waals surface area contributed by atoms with Crippen molar-refractivity contribution in [1.82, 2.24) is 14.5 Å². The number of morpholine rings is 1. The molecule has 0 bridgehead atoms. The van der Waals surface area contributed by atoms with E-state index in [0.29, 0.717) is 25.4 Å². The van der Waals surface area contributed by atoms with E-state index in [2.05, 4.69) is 10.3 Å². The van der Waals surface area contributed by atoms with Crippen LogP contribution in [0.25, 0.3) is 5.69 Å². The van der Waals surface area contributed by atoms with Gasteiger partial charge in [-0.1, -0.05) is 0 Å². The lowest BCUT2D eigenvalue weighted by Gasteiger charge is -2.34. The fraction of sp³-hybridized carbons (Fsp3) is 0.333. The van der Waals surface area contributed by atoms with Crippen molar-refractivity contribution in [3.63, 3.8) is 0 Å². The Morgan fingerprint density at radius 3 is 2.91 bits per heavy atom. The summed E-state index contributed by atoms with van der Waals surface area (Å²) in [5.74, 6) is 0. The first-order valence-electron chi connectivity index (χ1n) is 7.12. The molecule has 1 unspecified atom stereocenters. The molecule has 2 aromatic rings. The number of imidazole rings is 1. The molecule has 1 aromatic heterocycles. The van der Waals surface area contributed by atoms with E-state index in [1.807, 2.05) is 35.0 Å². The van der Waals surface area contributed by atoms with Gasteiger partial charge in [0.25, 0.3) is 0 Å². The largest absolute Gasteiger partial charge is 0.394 e. The SMILES string of the molecule is O=C(Nc1ccc(-n2ccnc2)cc1)N1CCOCC1CO. The Hall–Kier alpha value is -2.38. The predicted octanol–water partition coefficient (Wildman–Crippen LogP) is 1.10. The molecule has 0 saturated carbocycles. The molecule has 2 N–H and O–H groups in total. The number of nitrogens with zero attached hydrogens (tertiary/aromatic N) is 3. The summed E-state index contributed by atoms with van der Waals surface area (Å²) in [7, 11) is 0. The summed E-state index contributed by atoms with van der Waals surface area (Å²) in [4.78, 5) is 17.9. The second-order valence-electron chi connectivity index (χ2n) is 5.05. The minimum atomic E-state index is -0.293. The lowest BCUT2D eigenvalue weighted by atomic mass is 10.2. The van der Waals surface area contributed by atoms with Crippen molar-refractivity contribution in [2.75, 3.05) is 31.7 Å². The first-order chi connectivity index (χ1) is 10.8. The van der Waals surface area contributed by atoms with E-state index in [9.17, 15) is 9.90 Å². The minimum Gasteiger partial charge on any atom is -0.394 e. The van der Waals surface area contributed by atoms with Gasteiger partial charge in [-0.15, -0.1) is 0 Å². The van der Waals surface area contributed by atoms with Crippen molar-refractivity contribution in [2.24, 2.45) is 0 Å². The highest BCUT2D eigenvalue weighted by atomic mass is 16.5. The van der Waals surface area contributed by atoms with Gasteiger partial charge < -0.3 is 24.6 Å². The van der Waals surface area contributed by atoms with Crippen molar-refractivity contribution in [3.8, 4) is 5.69 Å². The molecule has 1 aliphatic heterocycles. The number of benzene rings is 1. The summed E-state index contributed by atoms with van der Waals surface area (Å²) < 4.78 is 7.15. The van der Waals surface area contributed by atoms with Crippen molar-refractivity contribution in [3.05, 3.63) is 43.0 Å². The van der Waals surface area contributed by atoms with E-state index in [1.54, 1.807) is 17.4 Å². The highest BCUT2D eigenvalue weighted by Gasteiger charge is 2.26. The molecule has 0 radical (unpaired) electrons. The number of aromatic nitrogens is 2. The van der Waals surface area contributed by atoms with Gasteiger partial charge in [0, 0.05) is 30.3 Å². The molecule has 7 nitrogen and oxygen atoms in total. The summed E-state index contributed by atoms with van der Waals surface area (Å²) in [5.41, 5.74) is 1.67. The number of carbonyl (C=O) groups is 1. The van der Waals surface area contributed by atoms with Gasteiger partial charge in [-0.2, -0.15) is 0 Å². The Balaban J connectivity index is 1.66. The molecule has 1 aromatic carbocycles. The van der Waals surface area contributed by atoms with Gasteiger partial charge >= 0.3 is 6.03 Å². The van der Waals surface area contributed by atoms with Crippen LogP contribution in [-0.2, 0) is 4.74 Å². The summed E-state index contributed by atoms with van der Waals surface area (Å²) in [5, 5.41) is 12.2. The molecule has 22 heavy (non-hydrogen) atoms. The molecule has 1 fully saturated rings. The van der Waals surface area contributed by atoms with E-state index < -0.39 is 0 Å². The number of carbonyl (C=O) groups excluding carboxylic acids is 1. The number of urea groups is 1. The van der Waals surface area contributed by atoms with Gasteiger partial charge in [0.1, 0.15) is 0 Å². The molecule has 2 heterocycles. The molecule has 3 rings (SSSR count). The molecule has 0 spiro atoms. The Morgan fingerprint density at radius 2 is 2.23 bits per heavy atom. The Bertz CT molecular complexity index is 612. The lowest BCUT2D eigenvalue weighted by Crippen LogP contribution is -2.52. The second-order valence-corrected chi connectivity index (χ2v) is 5.05. The second kappa shape index (κ2) is 6.59. The molecule has 7 heteroatoms. The maximum atomic E-state index is 12.3. The lowest BCUT2D eigenvalue weighted by molar-refractivity contribution is -0.00485. The predicted molar refractivity (Wildman–Crippen MR) is 81.0 cm³/mol. The molecule has 1 atom stereocenters. The standard InChI is InChI=1S/C15H18N4O3/c20-9-14-10-22-8-7-19(14)15(21)17-12-1-3-13(4-2-12)18-6-5-16-11-18/h1-6,11,14,20H,7-10H2,(H,17,21). The highest BCUT2D eigenvalue weighted by molar-refractivity contribution is 5.89. The molecule has 1 saturated heterocycles. The van der Waals surface area contributed by atoms with Crippen LogP contribution in [0.2, 0.25) is 0 Å². The fourth-order valence-electron chi connectivity index (χ4n) is 2.40. The molecule has 1 aliphatic rings. The number of ether oxygens (including phenoxy) is 1. The fourth-order valence-corrected chi connectivity index (χ4v) is 2.40. The Kier molecular flexibility index (Phi) is 4.36. The zero-order valence-electron chi connectivity index (χ0n) is 12.1. The van der Waals surface area contributed by atoms with Crippen molar-refractivity contribution in [2.45, 2.75) is 6.04 Å². The summed E-state index contributed by atoms with van der Waals surface area (Å²) in [6.07, 6.45) is 5.28. The van der Waals surface area contributed by atoms with Crippen LogP contribution in [-0.4, -0.2) is 58.0 Å². The van der Waals surface area contributed by atoms with Crippen LogP contribution >= 0.6 is 0 Å².